The summed E-state index contributed by atoms with van der Waals surface area (Å²) < 4.78 is 23.6. The fourth-order valence-electron chi connectivity index (χ4n) is 0.253. The fraction of sp³-hybridized carbons (Fsp3) is 0. The van der Waals surface area contributed by atoms with Gasteiger partial charge in [-0.25, -0.2) is 0 Å². The van der Waals surface area contributed by atoms with E-state index in [1.165, 1.54) is 0 Å². The molecule has 0 unspecified atom stereocenters. The van der Waals surface area contributed by atoms with Crippen LogP contribution in [0.25, 0.3) is 0 Å². The van der Waals surface area contributed by atoms with Gasteiger partial charge in [-0.05, 0) is 0 Å². The van der Waals surface area contributed by atoms with Gasteiger partial charge in [0.1, 0.15) is 0 Å². The Balaban J connectivity index is 2.73. The molecule has 8 heavy (non-hydrogen) atoms. The van der Waals surface area contributed by atoms with Crippen LogP contribution < -0.4 is 0 Å². The molecule has 0 saturated carbocycles. The molecule has 0 N–H and O–H groups in total. The first-order valence-corrected chi connectivity index (χ1v) is 1.84. The van der Waals surface area contributed by atoms with Crippen molar-refractivity contribution in [3.63, 3.8) is 0 Å². The van der Waals surface area contributed by atoms with E-state index in [4.69, 9.17) is 0 Å². The Bertz CT molecular complexity index is 135. The van der Waals surface area contributed by atoms with E-state index in [0.29, 0.717) is 13.4 Å². The topological polar surface area (TPSA) is 18.5 Å². The van der Waals surface area contributed by atoms with E-state index >= 15 is 0 Å². The van der Waals surface area contributed by atoms with Crippen LogP contribution in [0.15, 0.2) is 12.1 Å². The summed E-state index contributed by atoms with van der Waals surface area (Å²) in [6.45, 7) is 0. The van der Waals surface area contributed by atoms with Gasteiger partial charge in [0.2, 0.25) is 0 Å². The first kappa shape index (κ1) is 5.28. The van der Waals surface area contributed by atoms with Gasteiger partial charge in [0.15, 0.2) is 0 Å². The third-order valence-corrected chi connectivity index (χ3v) is 0.587. The predicted octanol–water partition coefficient (Wildman–Crippen LogP) is 0.478. The van der Waals surface area contributed by atoms with Crippen molar-refractivity contribution in [2.24, 2.45) is 0 Å². The summed E-state index contributed by atoms with van der Waals surface area (Å²) in [7, 11) is 0.537. The van der Waals surface area contributed by atoms with Crippen LogP contribution in [0.2, 0.25) is 0 Å². The Hall–Kier alpha value is -0.865. The molecule has 0 bridgehead atoms. The van der Waals surface area contributed by atoms with Crippen molar-refractivity contribution in [3.05, 3.63) is 12.1 Å². The van der Waals surface area contributed by atoms with Gasteiger partial charge in [-0.3, -0.25) is 0 Å². The molecule has 2 nitrogen and oxygen atoms in total. The molecular weight excluding hydrogens is 117 g/mol. The Morgan fingerprint density at radius 1 is 1.50 bits per heavy atom. The van der Waals surface area contributed by atoms with Crippen molar-refractivity contribution >= 4 is 12.8 Å². The van der Waals surface area contributed by atoms with E-state index in [0.717, 1.165) is 0 Å². The van der Waals surface area contributed by atoms with Crippen LogP contribution in [-0.4, -0.2) is 12.8 Å². The summed E-state index contributed by atoms with van der Waals surface area (Å²) >= 11 is 0. The molecule has 0 amide bonds. The Labute approximate surface area is 44.6 Å². The minimum absolute atomic E-state index is 0.537. The Morgan fingerprint density at radius 3 is 2.62 bits per heavy atom. The number of hydrogen-bond donors (Lipinski definition) is 0. The third-order valence-electron chi connectivity index (χ3n) is 0.587. The standard InChI is InChI=1S/C3HBF2O2/c5-2-1-7-8-4-3(2)6/h1H. The van der Waals surface area contributed by atoms with Crippen molar-refractivity contribution in [2.75, 3.05) is 0 Å². The molecule has 0 atom stereocenters. The van der Waals surface area contributed by atoms with Gasteiger partial charge in [0, 0.05) is 0 Å². The molecule has 42 valence electrons. The summed E-state index contributed by atoms with van der Waals surface area (Å²) in [5, 5.41) is 0. The monoisotopic (exact) mass is 118 g/mol. The van der Waals surface area contributed by atoms with Crippen molar-refractivity contribution in [3.8, 4) is 0 Å². The summed E-state index contributed by atoms with van der Waals surface area (Å²) in [6, 6.07) is 0. The van der Waals surface area contributed by atoms with Gasteiger partial charge in [0.05, 0.1) is 0 Å². The zero-order valence-corrected chi connectivity index (χ0v) is 3.73. The number of hydrogen-bond acceptors (Lipinski definition) is 2. The Morgan fingerprint density at radius 2 is 2.25 bits per heavy atom. The maximum atomic E-state index is 11.8. The first-order valence-electron chi connectivity index (χ1n) is 1.84. The van der Waals surface area contributed by atoms with Crippen LogP contribution >= 0.6 is 0 Å². The molecule has 0 aromatic carbocycles. The number of rotatable bonds is 0. The van der Waals surface area contributed by atoms with Gasteiger partial charge in [-0.1, -0.05) is 0 Å². The molecule has 5 heteroatoms. The predicted molar refractivity (Wildman–Crippen MR) is 23.2 cm³/mol. The molecule has 1 aliphatic rings. The van der Waals surface area contributed by atoms with Crippen LogP contribution in [-0.2, 0) is 9.69 Å². The second-order valence-corrected chi connectivity index (χ2v) is 1.12. The van der Waals surface area contributed by atoms with Crippen molar-refractivity contribution in [1.82, 2.24) is 0 Å². The van der Waals surface area contributed by atoms with Crippen LogP contribution in [0.4, 0.5) is 8.78 Å². The van der Waals surface area contributed by atoms with Crippen LogP contribution in [0.5, 0.6) is 0 Å². The summed E-state index contributed by atoms with van der Waals surface area (Å²) in [4.78, 5) is 7.80. The van der Waals surface area contributed by atoms with Crippen molar-refractivity contribution in [2.45, 2.75) is 0 Å². The average molecular weight is 118 g/mol. The SMILES string of the molecule is FC1=BOOC=C1F. The van der Waals surface area contributed by atoms with Crippen LogP contribution in [0, 0.1) is 0 Å². The first-order chi connectivity index (χ1) is 3.80. The summed E-state index contributed by atoms with van der Waals surface area (Å²) in [5.74, 6) is -1.06. The second-order valence-electron chi connectivity index (χ2n) is 1.12. The van der Waals surface area contributed by atoms with Gasteiger partial charge >= 0.3 is 43.4 Å². The zero-order chi connectivity index (χ0) is 5.98. The Kier molecular flexibility index (Phi) is 1.28. The molecule has 1 rings (SSSR count). The molecule has 0 aromatic rings. The van der Waals surface area contributed by atoms with Gasteiger partial charge in [0.25, 0.3) is 0 Å². The minimum atomic E-state index is -1.06. The van der Waals surface area contributed by atoms with E-state index in [9.17, 15) is 8.78 Å². The van der Waals surface area contributed by atoms with E-state index in [1.807, 2.05) is 0 Å². The summed E-state index contributed by atoms with van der Waals surface area (Å²) in [5.41, 5.74) is -1.06. The number of allylic oxidation sites excluding steroid dienone is 1. The van der Waals surface area contributed by atoms with E-state index in [-0.39, 0.29) is 0 Å². The molecular formula is C3HBF2O2. The molecule has 1 heterocycles. The van der Waals surface area contributed by atoms with E-state index in [1.54, 1.807) is 0 Å². The second kappa shape index (κ2) is 1.94. The third kappa shape index (κ3) is 0.855. The average Bonchev–Trinajstić information content (AvgIpc) is 1.77. The molecule has 0 aliphatic carbocycles. The quantitative estimate of drug-likeness (QED) is 0.340. The van der Waals surface area contributed by atoms with Crippen LogP contribution in [0.1, 0.15) is 0 Å². The molecule has 0 saturated heterocycles. The normalized spacial score (nSPS) is 16.8. The van der Waals surface area contributed by atoms with E-state index < -0.39 is 11.5 Å². The summed E-state index contributed by atoms with van der Waals surface area (Å²) in [6.07, 6.45) is 0.537. The molecule has 0 radical (unpaired) electrons. The molecule has 0 spiro atoms. The zero-order valence-electron chi connectivity index (χ0n) is 3.73. The maximum absolute atomic E-state index is 11.8. The number of halogens is 2. The van der Waals surface area contributed by atoms with Gasteiger partial charge < -0.3 is 0 Å². The van der Waals surface area contributed by atoms with E-state index in [2.05, 4.69) is 9.69 Å². The fourth-order valence-corrected chi connectivity index (χ4v) is 0.253. The van der Waals surface area contributed by atoms with Crippen molar-refractivity contribution < 1.29 is 18.5 Å². The molecule has 1 aliphatic heterocycles. The van der Waals surface area contributed by atoms with Crippen LogP contribution in [0.3, 0.4) is 0 Å². The van der Waals surface area contributed by atoms with Crippen molar-refractivity contribution in [1.29, 1.82) is 0 Å². The van der Waals surface area contributed by atoms with Gasteiger partial charge in [-0.2, -0.15) is 0 Å². The molecule has 0 aromatic heterocycles. The molecule has 0 fully saturated rings. The van der Waals surface area contributed by atoms with Gasteiger partial charge in [-0.15, -0.1) is 0 Å².